The summed E-state index contributed by atoms with van der Waals surface area (Å²) < 4.78 is 33.1. The Hall–Kier alpha value is -6.60. The fraction of sp³-hybridized carbons (Fsp3) is 0.404. The Kier molecular flexibility index (Phi) is 10.6. The second kappa shape index (κ2) is 16.7. The minimum absolute atomic E-state index is 0.0464. The molecule has 5 aromatic rings. The van der Waals surface area contributed by atoms with Crippen LogP contribution >= 0.6 is 11.3 Å². The van der Waals surface area contributed by atoms with Crippen molar-refractivity contribution in [3.63, 3.8) is 0 Å². The molecule has 0 saturated carbocycles. The van der Waals surface area contributed by atoms with Crippen LogP contribution in [-0.4, -0.2) is 116 Å². The van der Waals surface area contributed by atoms with E-state index in [-0.39, 0.29) is 47.2 Å². The molecule has 19 heteroatoms. The van der Waals surface area contributed by atoms with Gasteiger partial charge in [0.2, 0.25) is 17.7 Å². The van der Waals surface area contributed by atoms with E-state index in [9.17, 15) is 24.0 Å². The zero-order chi connectivity index (χ0) is 45.3. The lowest BCUT2D eigenvalue weighted by atomic mass is 9.72. The number of hydrogen-bond acceptors (Lipinski definition) is 12. The van der Waals surface area contributed by atoms with Gasteiger partial charge in [0.05, 0.1) is 42.7 Å². The van der Waals surface area contributed by atoms with Crippen molar-refractivity contribution in [2.24, 2.45) is 5.41 Å². The second-order valence-corrected chi connectivity index (χ2v) is 19.4. The summed E-state index contributed by atoms with van der Waals surface area (Å²) in [6.07, 6.45) is 8.39. The van der Waals surface area contributed by atoms with Gasteiger partial charge in [0, 0.05) is 90.6 Å². The Balaban J connectivity index is 0.667. The van der Waals surface area contributed by atoms with Gasteiger partial charge in [0.1, 0.15) is 17.7 Å². The number of imidazole rings is 1. The molecule has 0 radical (unpaired) electrons. The fourth-order valence-electron chi connectivity index (χ4n) is 10.6. The molecule has 3 aromatic heterocycles. The first-order valence-electron chi connectivity index (χ1n) is 22.5. The minimum Gasteiger partial charge on any atom is -0.372 e. The van der Waals surface area contributed by atoms with Crippen molar-refractivity contribution >= 4 is 57.4 Å². The molecule has 2 atom stereocenters. The smallest absolute Gasteiger partial charge is 0.255 e. The van der Waals surface area contributed by atoms with E-state index < -0.39 is 41.4 Å². The summed E-state index contributed by atoms with van der Waals surface area (Å²) in [4.78, 5) is 85.7. The Labute approximate surface area is 382 Å². The van der Waals surface area contributed by atoms with Crippen molar-refractivity contribution in [1.82, 2.24) is 39.5 Å². The summed E-state index contributed by atoms with van der Waals surface area (Å²) in [5.74, 6) is -2.54. The van der Waals surface area contributed by atoms with Crippen LogP contribution in [0.4, 0.5) is 25.3 Å². The highest BCUT2D eigenvalue weighted by molar-refractivity contribution is 7.13. The molecule has 0 aliphatic carbocycles. The average Bonchev–Trinajstić information content (AvgIpc) is 4.10. The van der Waals surface area contributed by atoms with Gasteiger partial charge >= 0.3 is 0 Å². The predicted molar refractivity (Wildman–Crippen MR) is 239 cm³/mol. The van der Waals surface area contributed by atoms with Crippen LogP contribution in [0.3, 0.4) is 0 Å². The Morgan fingerprint density at radius 1 is 0.909 bits per heavy atom. The van der Waals surface area contributed by atoms with Crippen LogP contribution in [0.1, 0.15) is 77.1 Å². The summed E-state index contributed by atoms with van der Waals surface area (Å²) in [6.45, 7) is 5.38. The Morgan fingerprint density at radius 3 is 2.45 bits per heavy atom. The number of rotatable bonds is 11. The first-order valence-corrected chi connectivity index (χ1v) is 23.3. The molecule has 5 amide bonds. The van der Waals surface area contributed by atoms with Crippen LogP contribution in [0.2, 0.25) is 0 Å². The van der Waals surface area contributed by atoms with Gasteiger partial charge in [-0.25, -0.2) is 18.7 Å². The minimum atomic E-state index is -1.06. The summed E-state index contributed by atoms with van der Waals surface area (Å²) in [6, 6.07) is 10.7. The van der Waals surface area contributed by atoms with E-state index in [0.29, 0.717) is 79.8 Å². The number of carbonyl (C=O) groups is 5. The Bertz CT molecular complexity index is 2760. The summed E-state index contributed by atoms with van der Waals surface area (Å²) >= 11 is 1.27. The van der Waals surface area contributed by atoms with Crippen LogP contribution < -0.4 is 20.9 Å². The maximum absolute atomic E-state index is 15.9. The number of anilines is 3. The molecule has 0 bridgehead atoms. The number of aryl methyl sites for hydroxylation is 1. The number of aromatic nitrogens is 4. The molecular weight excluding hydrogens is 869 g/mol. The SMILES string of the molecule is O=C1CCC(Nc2cnc(C3CCN(CC(=O)N4CC5(C4)CN(c4ccc(-c6cc(F)c7c(c6)C(=O)N(C(C(=O)Nc6nccs6)c6ncn8c6CCC8)C7)cc4)C5)CC3)c(F)c2)C(=O)N1. The van der Waals surface area contributed by atoms with Crippen LogP contribution in [0.5, 0.6) is 0 Å². The molecule has 2 aromatic carbocycles. The number of halogens is 2. The van der Waals surface area contributed by atoms with Gasteiger partial charge in [-0.3, -0.25) is 44.5 Å². The van der Waals surface area contributed by atoms with Gasteiger partial charge in [-0.15, -0.1) is 11.3 Å². The number of carbonyl (C=O) groups excluding carboxylic acids is 5. The van der Waals surface area contributed by atoms with E-state index in [0.717, 1.165) is 49.4 Å². The lowest BCUT2D eigenvalue weighted by Crippen LogP contribution is -2.73. The number of thiazole rings is 1. The molecular formula is C47H47F2N11O5S. The largest absolute Gasteiger partial charge is 0.372 e. The van der Waals surface area contributed by atoms with Crippen LogP contribution in [-0.2, 0) is 38.7 Å². The van der Waals surface area contributed by atoms with Gasteiger partial charge in [0.25, 0.3) is 11.8 Å². The fourth-order valence-corrected chi connectivity index (χ4v) is 11.2. The number of pyridine rings is 1. The van der Waals surface area contributed by atoms with Gasteiger partial charge in [-0.2, -0.15) is 0 Å². The number of amides is 5. The normalized spacial score (nSPS) is 20.7. The maximum atomic E-state index is 15.9. The number of fused-ring (bicyclic) bond motifs is 2. The molecule has 3 N–H and O–H groups in total. The third kappa shape index (κ3) is 7.76. The van der Waals surface area contributed by atoms with Crippen LogP contribution in [0.15, 0.2) is 66.6 Å². The number of benzene rings is 2. The molecule has 6 aliphatic rings. The number of likely N-dealkylation sites (tertiary alicyclic amines) is 2. The second-order valence-electron chi connectivity index (χ2n) is 18.5. The number of imide groups is 1. The number of nitrogens with zero attached hydrogens (tertiary/aromatic N) is 8. The van der Waals surface area contributed by atoms with Crippen LogP contribution in [0, 0.1) is 17.0 Å². The number of piperidine rings is 2. The molecule has 16 nitrogen and oxygen atoms in total. The lowest BCUT2D eigenvalue weighted by Gasteiger charge is -2.61. The first kappa shape index (κ1) is 42.1. The van der Waals surface area contributed by atoms with E-state index in [1.165, 1.54) is 34.6 Å². The molecule has 6 aliphatic heterocycles. The third-order valence-corrected chi connectivity index (χ3v) is 14.8. The molecule has 11 rings (SSSR count). The summed E-state index contributed by atoms with van der Waals surface area (Å²) in [7, 11) is 0. The quantitative estimate of drug-likeness (QED) is 0.157. The van der Waals surface area contributed by atoms with Gasteiger partial charge < -0.3 is 24.6 Å². The third-order valence-electron chi connectivity index (χ3n) is 14.1. The molecule has 66 heavy (non-hydrogen) atoms. The van der Waals surface area contributed by atoms with E-state index in [4.69, 9.17) is 0 Å². The topological polar surface area (TPSA) is 178 Å². The van der Waals surface area contributed by atoms with Crippen molar-refractivity contribution in [3.05, 3.63) is 106 Å². The highest BCUT2D eigenvalue weighted by Gasteiger charge is 2.53. The highest BCUT2D eigenvalue weighted by Crippen LogP contribution is 2.43. The van der Waals surface area contributed by atoms with E-state index >= 15 is 8.78 Å². The molecule has 9 heterocycles. The highest BCUT2D eigenvalue weighted by atomic mass is 32.1. The molecule has 1 spiro atoms. The molecule has 2 unspecified atom stereocenters. The zero-order valence-corrected chi connectivity index (χ0v) is 36.8. The van der Waals surface area contributed by atoms with Gasteiger partial charge in [0.15, 0.2) is 11.2 Å². The zero-order valence-electron chi connectivity index (χ0n) is 36.0. The van der Waals surface area contributed by atoms with Crippen molar-refractivity contribution in [2.45, 2.75) is 69.6 Å². The first-order chi connectivity index (χ1) is 32.0. The van der Waals surface area contributed by atoms with E-state index in [1.807, 2.05) is 33.7 Å². The van der Waals surface area contributed by atoms with E-state index in [2.05, 4.69) is 40.7 Å². The number of nitrogens with one attached hydrogen (secondary N) is 3. The molecule has 340 valence electrons. The van der Waals surface area contributed by atoms with Crippen molar-refractivity contribution in [1.29, 1.82) is 0 Å². The maximum Gasteiger partial charge on any atom is 0.255 e. The average molecular weight is 916 g/mol. The van der Waals surface area contributed by atoms with Gasteiger partial charge in [-0.1, -0.05) is 12.1 Å². The molecule has 4 saturated heterocycles. The van der Waals surface area contributed by atoms with E-state index in [1.54, 1.807) is 24.0 Å². The van der Waals surface area contributed by atoms with Crippen molar-refractivity contribution < 1.29 is 32.8 Å². The van der Waals surface area contributed by atoms with Crippen LogP contribution in [0.25, 0.3) is 11.1 Å². The Morgan fingerprint density at radius 2 is 1.71 bits per heavy atom. The number of hydrogen-bond donors (Lipinski definition) is 3. The molecule has 4 fully saturated rings. The standard InChI is InChI=1S/C47H47F2N11O5S/c48-34-17-29(16-32-33(34)20-60(45(32)65)42(44(64)55-46-50-11-15-66-46)41-37-2-1-12-57(37)26-52-41)27-3-5-31(6-4-27)58-22-47(23-58)24-59(25-47)39(62)21-56-13-9-28(10-14-56)40-35(49)18-30(19-51-40)53-36-7-8-38(61)54-43(36)63/h3-6,11,15-19,26,28,36,42,53H,1-2,7-10,12-14,20-25H2,(H,50,55,64)(H,54,61,63). The van der Waals surface area contributed by atoms with Gasteiger partial charge in [-0.05, 0) is 80.6 Å². The lowest BCUT2D eigenvalue weighted by molar-refractivity contribution is -0.146. The van der Waals surface area contributed by atoms with Crippen molar-refractivity contribution in [2.75, 3.05) is 61.3 Å². The monoisotopic (exact) mass is 915 g/mol. The summed E-state index contributed by atoms with van der Waals surface area (Å²) in [5, 5.41) is 10.3. The predicted octanol–water partition coefficient (Wildman–Crippen LogP) is 4.71. The van der Waals surface area contributed by atoms with Crippen molar-refractivity contribution in [3.8, 4) is 11.1 Å². The summed E-state index contributed by atoms with van der Waals surface area (Å²) in [5.41, 5.74) is 5.06.